The van der Waals surface area contributed by atoms with Crippen LogP contribution in [0.5, 0.6) is 0 Å². The summed E-state index contributed by atoms with van der Waals surface area (Å²) in [6.07, 6.45) is 5.43. The number of likely N-dealkylation sites (N-methyl/N-ethyl adjacent to an activating group) is 1. The Balaban J connectivity index is 1.42. The van der Waals surface area contributed by atoms with E-state index in [2.05, 4.69) is 30.0 Å². The van der Waals surface area contributed by atoms with Crippen LogP contribution < -0.4 is 5.32 Å². The van der Waals surface area contributed by atoms with Gasteiger partial charge in [-0.1, -0.05) is 6.07 Å². The van der Waals surface area contributed by atoms with Crippen LogP contribution in [-0.2, 0) is 24.9 Å². The maximum Gasteiger partial charge on any atom is 0.234 e. The summed E-state index contributed by atoms with van der Waals surface area (Å²) in [5.41, 5.74) is 1.10. The van der Waals surface area contributed by atoms with E-state index in [4.69, 9.17) is 0 Å². The summed E-state index contributed by atoms with van der Waals surface area (Å²) in [6.45, 7) is 1.87. The van der Waals surface area contributed by atoms with Crippen LogP contribution in [0, 0.1) is 0 Å². The standard InChI is InChI=1S/C19H29N7O/c1-24(2)12-17-22-23-19(26(17)4)15-8-16(9-15)21-18(27)13-25(3)11-14-6-5-7-20-10-14/h5-7,10,15-16H,8-9,11-13H2,1-4H3,(H,21,27). The summed E-state index contributed by atoms with van der Waals surface area (Å²) in [4.78, 5) is 20.5. The number of pyridine rings is 1. The topological polar surface area (TPSA) is 79.2 Å². The van der Waals surface area contributed by atoms with Gasteiger partial charge in [-0.3, -0.25) is 14.7 Å². The molecule has 146 valence electrons. The highest BCUT2D eigenvalue weighted by Crippen LogP contribution is 2.35. The number of nitrogens with one attached hydrogen (secondary N) is 1. The van der Waals surface area contributed by atoms with Crippen molar-refractivity contribution in [3.05, 3.63) is 41.7 Å². The first-order chi connectivity index (χ1) is 12.9. The van der Waals surface area contributed by atoms with Gasteiger partial charge in [0.1, 0.15) is 11.6 Å². The summed E-state index contributed by atoms with van der Waals surface area (Å²) >= 11 is 0. The Bertz CT molecular complexity index is 753. The fourth-order valence-electron chi connectivity index (χ4n) is 3.48. The molecule has 0 unspecified atom stereocenters. The van der Waals surface area contributed by atoms with Crippen molar-refractivity contribution in [2.75, 3.05) is 27.7 Å². The molecule has 0 bridgehead atoms. The fraction of sp³-hybridized carbons (Fsp3) is 0.579. The van der Waals surface area contributed by atoms with E-state index in [0.717, 1.165) is 36.6 Å². The van der Waals surface area contributed by atoms with Crippen molar-refractivity contribution >= 4 is 5.91 Å². The molecule has 8 nitrogen and oxygen atoms in total. The zero-order valence-corrected chi connectivity index (χ0v) is 16.6. The maximum absolute atomic E-state index is 12.3. The average Bonchev–Trinajstić information content (AvgIpc) is 2.91. The van der Waals surface area contributed by atoms with Crippen molar-refractivity contribution < 1.29 is 4.79 Å². The number of hydrogen-bond acceptors (Lipinski definition) is 6. The Hall–Kier alpha value is -2.32. The molecule has 2 aromatic rings. The number of hydrogen-bond donors (Lipinski definition) is 1. The molecule has 1 N–H and O–H groups in total. The molecule has 2 aromatic heterocycles. The number of nitrogens with zero attached hydrogens (tertiary/aromatic N) is 6. The average molecular weight is 371 g/mol. The van der Waals surface area contributed by atoms with Gasteiger partial charge in [-0.05, 0) is 45.6 Å². The predicted octanol–water partition coefficient (Wildman–Crippen LogP) is 0.766. The number of rotatable bonds is 8. The Morgan fingerprint density at radius 1 is 1.26 bits per heavy atom. The maximum atomic E-state index is 12.3. The molecule has 0 spiro atoms. The van der Waals surface area contributed by atoms with E-state index in [0.29, 0.717) is 19.0 Å². The molecular weight excluding hydrogens is 342 g/mol. The van der Waals surface area contributed by atoms with Gasteiger partial charge in [0.05, 0.1) is 13.1 Å². The van der Waals surface area contributed by atoms with Crippen LogP contribution in [0.15, 0.2) is 24.5 Å². The molecule has 1 aliphatic carbocycles. The smallest absolute Gasteiger partial charge is 0.234 e. The minimum Gasteiger partial charge on any atom is -0.352 e. The highest BCUT2D eigenvalue weighted by atomic mass is 16.2. The number of aromatic nitrogens is 4. The predicted molar refractivity (Wildman–Crippen MR) is 103 cm³/mol. The zero-order chi connectivity index (χ0) is 19.4. The molecule has 1 amide bonds. The third kappa shape index (κ3) is 5.11. The van der Waals surface area contributed by atoms with Crippen LogP contribution in [0.25, 0.3) is 0 Å². The lowest BCUT2D eigenvalue weighted by Gasteiger charge is -2.35. The highest BCUT2D eigenvalue weighted by molar-refractivity contribution is 5.78. The second kappa shape index (κ2) is 8.58. The van der Waals surface area contributed by atoms with Crippen LogP contribution in [0.2, 0.25) is 0 Å². The summed E-state index contributed by atoms with van der Waals surface area (Å²) in [7, 11) is 8.01. The van der Waals surface area contributed by atoms with Crippen LogP contribution in [0.4, 0.5) is 0 Å². The van der Waals surface area contributed by atoms with Gasteiger partial charge in [-0.25, -0.2) is 0 Å². The molecule has 0 aliphatic heterocycles. The van der Waals surface area contributed by atoms with Gasteiger partial charge in [-0.15, -0.1) is 10.2 Å². The summed E-state index contributed by atoms with van der Waals surface area (Å²) in [6, 6.07) is 4.15. The number of carbonyl (C=O) groups is 1. The van der Waals surface area contributed by atoms with Crippen LogP contribution in [0.1, 0.15) is 36.0 Å². The molecule has 0 saturated heterocycles. The summed E-state index contributed by atoms with van der Waals surface area (Å²) in [5.74, 6) is 2.43. The van der Waals surface area contributed by atoms with Crippen molar-refractivity contribution in [1.82, 2.24) is 34.9 Å². The molecule has 1 fully saturated rings. The molecular formula is C19H29N7O. The van der Waals surface area contributed by atoms with E-state index < -0.39 is 0 Å². The first-order valence-corrected chi connectivity index (χ1v) is 9.32. The Morgan fingerprint density at radius 2 is 2.04 bits per heavy atom. The quantitative estimate of drug-likeness (QED) is 0.738. The van der Waals surface area contributed by atoms with Gasteiger partial charge >= 0.3 is 0 Å². The van der Waals surface area contributed by atoms with E-state index in [1.807, 2.05) is 51.4 Å². The largest absolute Gasteiger partial charge is 0.352 e. The van der Waals surface area contributed by atoms with Crippen molar-refractivity contribution in [3.63, 3.8) is 0 Å². The number of amides is 1. The van der Waals surface area contributed by atoms with E-state index in [9.17, 15) is 4.79 Å². The van der Waals surface area contributed by atoms with Crippen LogP contribution >= 0.6 is 0 Å². The van der Waals surface area contributed by atoms with Gasteiger partial charge in [0.25, 0.3) is 0 Å². The lowest BCUT2D eigenvalue weighted by molar-refractivity contribution is -0.123. The van der Waals surface area contributed by atoms with Gasteiger partial charge in [0.2, 0.25) is 5.91 Å². The second-order valence-corrected chi connectivity index (χ2v) is 7.74. The van der Waals surface area contributed by atoms with Gasteiger partial charge in [0, 0.05) is 37.9 Å². The molecule has 1 aliphatic rings. The van der Waals surface area contributed by atoms with E-state index in [-0.39, 0.29) is 11.9 Å². The first-order valence-electron chi connectivity index (χ1n) is 9.32. The van der Waals surface area contributed by atoms with E-state index in [1.165, 1.54) is 0 Å². The van der Waals surface area contributed by atoms with Crippen molar-refractivity contribution in [3.8, 4) is 0 Å². The SMILES string of the molecule is CN(C)Cc1nnc(C2CC(NC(=O)CN(C)Cc3cccnc3)C2)n1C. The molecule has 0 aromatic carbocycles. The molecule has 0 atom stereocenters. The Labute approximate surface area is 160 Å². The van der Waals surface area contributed by atoms with E-state index >= 15 is 0 Å². The summed E-state index contributed by atoms with van der Waals surface area (Å²) in [5, 5.41) is 11.8. The lowest BCUT2D eigenvalue weighted by Crippen LogP contribution is -2.47. The molecule has 27 heavy (non-hydrogen) atoms. The van der Waals surface area contributed by atoms with Crippen molar-refractivity contribution in [1.29, 1.82) is 0 Å². The number of carbonyl (C=O) groups excluding carboxylic acids is 1. The molecule has 3 rings (SSSR count). The second-order valence-electron chi connectivity index (χ2n) is 7.74. The van der Waals surface area contributed by atoms with Crippen LogP contribution in [-0.4, -0.2) is 69.2 Å². The Morgan fingerprint density at radius 3 is 2.70 bits per heavy atom. The molecule has 1 saturated carbocycles. The monoisotopic (exact) mass is 371 g/mol. The van der Waals surface area contributed by atoms with Crippen LogP contribution in [0.3, 0.4) is 0 Å². The fourth-order valence-corrected chi connectivity index (χ4v) is 3.48. The third-order valence-corrected chi connectivity index (χ3v) is 4.91. The normalized spacial score (nSPS) is 19.3. The highest BCUT2D eigenvalue weighted by Gasteiger charge is 2.34. The third-order valence-electron chi connectivity index (χ3n) is 4.91. The van der Waals surface area contributed by atoms with E-state index in [1.54, 1.807) is 6.20 Å². The molecule has 0 radical (unpaired) electrons. The molecule has 8 heteroatoms. The van der Waals surface area contributed by atoms with Gasteiger partial charge in [-0.2, -0.15) is 0 Å². The van der Waals surface area contributed by atoms with Gasteiger partial charge < -0.3 is 14.8 Å². The zero-order valence-electron chi connectivity index (χ0n) is 16.6. The first kappa shape index (κ1) is 19.4. The summed E-state index contributed by atoms with van der Waals surface area (Å²) < 4.78 is 2.09. The minimum absolute atomic E-state index is 0.0658. The van der Waals surface area contributed by atoms with Crippen molar-refractivity contribution in [2.24, 2.45) is 7.05 Å². The van der Waals surface area contributed by atoms with Gasteiger partial charge in [0.15, 0.2) is 0 Å². The molecule has 2 heterocycles. The lowest BCUT2D eigenvalue weighted by atomic mass is 9.79. The minimum atomic E-state index is 0.0658. The Kier molecular flexibility index (Phi) is 6.18. The van der Waals surface area contributed by atoms with Crippen molar-refractivity contribution in [2.45, 2.75) is 37.9 Å².